The predicted molar refractivity (Wildman–Crippen MR) is 132 cm³/mol. The van der Waals surface area contributed by atoms with Crippen LogP contribution in [-0.2, 0) is 35.8 Å². The second-order valence-corrected chi connectivity index (χ2v) is 8.41. The Balaban J connectivity index is 1.29. The highest BCUT2D eigenvalue weighted by atomic mass is 16.7. The molecule has 5 rings (SSSR count). The minimum Gasteiger partial charge on any atom is -0.467 e. The molecule has 0 radical (unpaired) electrons. The highest BCUT2D eigenvalue weighted by Gasteiger charge is 2.17. The van der Waals surface area contributed by atoms with Gasteiger partial charge in [-0.05, 0) is 42.0 Å². The topological polar surface area (TPSA) is 134 Å². The Morgan fingerprint density at radius 3 is 2.51 bits per heavy atom. The highest BCUT2D eigenvalue weighted by Crippen LogP contribution is 2.32. The Kier molecular flexibility index (Phi) is 6.75. The summed E-state index contributed by atoms with van der Waals surface area (Å²) in [5.41, 5.74) is -0.0191. The fraction of sp³-hybridized carbons (Fsp3) is 0.231. The molecule has 2 aromatic carbocycles. The molecule has 37 heavy (non-hydrogen) atoms. The summed E-state index contributed by atoms with van der Waals surface area (Å²) in [6.07, 6.45) is 1.41. The Bertz CT molecular complexity index is 1570. The zero-order valence-electron chi connectivity index (χ0n) is 19.8. The number of aromatic nitrogens is 2. The number of fused-ring (bicyclic) bond motifs is 2. The number of hydrogen-bond donors (Lipinski definition) is 2. The van der Waals surface area contributed by atoms with E-state index in [0.29, 0.717) is 22.8 Å². The van der Waals surface area contributed by atoms with Crippen LogP contribution in [0.3, 0.4) is 0 Å². The quantitative estimate of drug-likeness (QED) is 0.353. The van der Waals surface area contributed by atoms with E-state index in [1.807, 2.05) is 6.07 Å². The third-order valence-electron chi connectivity index (χ3n) is 5.96. The lowest BCUT2D eigenvalue weighted by Gasteiger charge is -2.14. The first-order valence-corrected chi connectivity index (χ1v) is 11.7. The Labute approximate surface area is 210 Å². The molecule has 0 bridgehead atoms. The number of rotatable bonds is 9. The molecule has 0 aliphatic carbocycles. The van der Waals surface area contributed by atoms with Crippen LogP contribution in [0.1, 0.15) is 17.7 Å². The van der Waals surface area contributed by atoms with Crippen molar-refractivity contribution in [2.24, 2.45) is 0 Å². The summed E-state index contributed by atoms with van der Waals surface area (Å²) in [6.45, 7) is 0.152. The molecule has 0 unspecified atom stereocenters. The van der Waals surface area contributed by atoms with Gasteiger partial charge in [0.05, 0.1) is 23.7 Å². The number of nitrogens with zero attached hydrogens (tertiary/aromatic N) is 2. The summed E-state index contributed by atoms with van der Waals surface area (Å²) in [5.74, 6) is 1.08. The Morgan fingerprint density at radius 1 is 0.865 bits per heavy atom. The van der Waals surface area contributed by atoms with Crippen LogP contribution in [0.25, 0.3) is 10.9 Å². The van der Waals surface area contributed by atoms with Crippen molar-refractivity contribution < 1.29 is 23.5 Å². The number of carbonyl (C=O) groups is 2. The summed E-state index contributed by atoms with van der Waals surface area (Å²) in [5, 5.41) is 5.76. The van der Waals surface area contributed by atoms with Gasteiger partial charge in [0.2, 0.25) is 18.6 Å². The van der Waals surface area contributed by atoms with E-state index in [-0.39, 0.29) is 50.7 Å². The normalized spacial score (nSPS) is 12.0. The van der Waals surface area contributed by atoms with Gasteiger partial charge in [-0.2, -0.15) is 0 Å². The number of ether oxygens (including phenoxy) is 2. The van der Waals surface area contributed by atoms with Crippen molar-refractivity contribution in [2.75, 3.05) is 6.79 Å². The molecule has 11 nitrogen and oxygen atoms in total. The van der Waals surface area contributed by atoms with Gasteiger partial charge in [0, 0.05) is 19.5 Å². The minimum atomic E-state index is -0.666. The van der Waals surface area contributed by atoms with Gasteiger partial charge in [-0.3, -0.25) is 23.5 Å². The van der Waals surface area contributed by atoms with Crippen LogP contribution < -0.4 is 31.4 Å². The van der Waals surface area contributed by atoms with Gasteiger partial charge in [-0.25, -0.2) is 4.79 Å². The Morgan fingerprint density at radius 2 is 1.68 bits per heavy atom. The van der Waals surface area contributed by atoms with Crippen molar-refractivity contribution in [3.8, 4) is 11.5 Å². The van der Waals surface area contributed by atoms with E-state index in [2.05, 4.69) is 10.6 Å². The van der Waals surface area contributed by atoms with Gasteiger partial charge < -0.3 is 24.5 Å². The van der Waals surface area contributed by atoms with Crippen molar-refractivity contribution in [3.63, 3.8) is 0 Å². The lowest BCUT2D eigenvalue weighted by atomic mass is 10.2. The fourth-order valence-corrected chi connectivity index (χ4v) is 4.07. The molecule has 1 aliphatic heterocycles. The number of nitrogens with one attached hydrogen (secondary N) is 2. The minimum absolute atomic E-state index is 0.0945. The van der Waals surface area contributed by atoms with Crippen molar-refractivity contribution in [1.29, 1.82) is 0 Å². The first-order chi connectivity index (χ1) is 18.0. The maximum absolute atomic E-state index is 13.2. The van der Waals surface area contributed by atoms with Crippen molar-refractivity contribution >= 4 is 22.7 Å². The molecule has 2 amide bonds. The molecule has 3 heterocycles. The van der Waals surface area contributed by atoms with Crippen LogP contribution in [0.5, 0.6) is 11.5 Å². The average Bonchev–Trinajstić information content (AvgIpc) is 3.60. The first-order valence-electron chi connectivity index (χ1n) is 11.7. The number of para-hydroxylation sites is 1. The average molecular weight is 504 g/mol. The second kappa shape index (κ2) is 10.4. The van der Waals surface area contributed by atoms with Crippen LogP contribution in [0.2, 0.25) is 0 Å². The number of carbonyl (C=O) groups excluding carboxylic acids is 2. The first kappa shape index (κ1) is 23.9. The molecule has 0 fully saturated rings. The molecular formula is C26H24N4O7. The molecule has 0 saturated heterocycles. The van der Waals surface area contributed by atoms with Crippen LogP contribution in [0.4, 0.5) is 0 Å². The van der Waals surface area contributed by atoms with Crippen LogP contribution in [0, 0.1) is 0 Å². The standard InChI is InChI=1S/C26H24N4O7/c31-23(27-13-17-7-8-21-22(12-17)37-16-36-21)9-10-29-25(33)19-5-1-2-6-20(19)30(26(29)34)15-24(32)28-14-18-4-3-11-35-18/h1-8,11-12H,9-10,13-16H2,(H,27,31)(H,28,32). The van der Waals surface area contributed by atoms with E-state index in [0.717, 1.165) is 10.1 Å². The number of hydrogen-bond acceptors (Lipinski definition) is 7. The van der Waals surface area contributed by atoms with Gasteiger partial charge >= 0.3 is 5.69 Å². The zero-order valence-corrected chi connectivity index (χ0v) is 19.8. The smallest absolute Gasteiger partial charge is 0.331 e. The molecule has 2 aromatic heterocycles. The second-order valence-electron chi connectivity index (χ2n) is 8.41. The van der Waals surface area contributed by atoms with Gasteiger partial charge in [-0.1, -0.05) is 18.2 Å². The number of benzene rings is 2. The SMILES string of the molecule is O=C(CCn1c(=O)c2ccccc2n(CC(=O)NCc2ccco2)c1=O)NCc1ccc2c(c1)OCO2. The third kappa shape index (κ3) is 5.25. The largest absolute Gasteiger partial charge is 0.467 e. The summed E-state index contributed by atoms with van der Waals surface area (Å²) in [6, 6.07) is 15.4. The highest BCUT2D eigenvalue weighted by molar-refractivity contribution is 5.81. The van der Waals surface area contributed by atoms with E-state index in [1.165, 1.54) is 10.8 Å². The molecular weight excluding hydrogens is 480 g/mol. The van der Waals surface area contributed by atoms with E-state index < -0.39 is 17.2 Å². The lowest BCUT2D eigenvalue weighted by Crippen LogP contribution is -2.43. The van der Waals surface area contributed by atoms with E-state index in [4.69, 9.17) is 13.9 Å². The van der Waals surface area contributed by atoms with Crippen LogP contribution >= 0.6 is 0 Å². The number of amides is 2. The van der Waals surface area contributed by atoms with Crippen LogP contribution in [0.15, 0.2) is 74.9 Å². The van der Waals surface area contributed by atoms with Crippen molar-refractivity contribution in [1.82, 2.24) is 19.8 Å². The van der Waals surface area contributed by atoms with E-state index in [9.17, 15) is 19.2 Å². The summed E-state index contributed by atoms with van der Waals surface area (Å²) in [7, 11) is 0. The van der Waals surface area contributed by atoms with Crippen LogP contribution in [-0.4, -0.2) is 27.7 Å². The van der Waals surface area contributed by atoms with Crippen molar-refractivity contribution in [2.45, 2.75) is 32.6 Å². The molecule has 1 aliphatic rings. The lowest BCUT2D eigenvalue weighted by molar-refractivity contribution is -0.122. The molecule has 0 atom stereocenters. The van der Waals surface area contributed by atoms with E-state index >= 15 is 0 Å². The maximum atomic E-state index is 13.2. The molecule has 0 saturated carbocycles. The molecule has 11 heteroatoms. The van der Waals surface area contributed by atoms with Crippen molar-refractivity contribution in [3.05, 3.63) is 93.0 Å². The third-order valence-corrected chi connectivity index (χ3v) is 5.96. The Hall–Kier alpha value is -4.80. The zero-order chi connectivity index (χ0) is 25.8. The molecule has 190 valence electrons. The summed E-state index contributed by atoms with van der Waals surface area (Å²) < 4.78 is 18.1. The predicted octanol–water partition coefficient (Wildman–Crippen LogP) is 1.51. The number of furan rings is 1. The van der Waals surface area contributed by atoms with Gasteiger partial charge in [-0.15, -0.1) is 0 Å². The molecule has 4 aromatic rings. The molecule has 2 N–H and O–H groups in total. The monoisotopic (exact) mass is 504 g/mol. The fourth-order valence-electron chi connectivity index (χ4n) is 4.07. The maximum Gasteiger partial charge on any atom is 0.331 e. The van der Waals surface area contributed by atoms with Gasteiger partial charge in [0.1, 0.15) is 12.3 Å². The van der Waals surface area contributed by atoms with E-state index in [1.54, 1.807) is 48.5 Å². The summed E-state index contributed by atoms with van der Waals surface area (Å²) >= 11 is 0. The molecule has 0 spiro atoms. The summed E-state index contributed by atoms with van der Waals surface area (Å²) in [4.78, 5) is 51.4. The van der Waals surface area contributed by atoms with Gasteiger partial charge in [0.25, 0.3) is 5.56 Å². The van der Waals surface area contributed by atoms with Gasteiger partial charge in [0.15, 0.2) is 11.5 Å².